The van der Waals surface area contributed by atoms with Crippen molar-refractivity contribution in [2.45, 2.75) is 61.1 Å². The highest BCUT2D eigenvalue weighted by Gasteiger charge is 2.31. The molecular weight excluding hydrogens is 463 g/mol. The Morgan fingerprint density at radius 3 is 2.19 bits per heavy atom. The quantitative estimate of drug-likeness (QED) is 0.318. The molecule has 36 heavy (non-hydrogen) atoms. The number of fused-ring (bicyclic) bond motifs is 1. The summed E-state index contributed by atoms with van der Waals surface area (Å²) >= 11 is 0. The number of allylic oxidation sites excluding steroid dienone is 2. The first-order chi connectivity index (χ1) is 17.2. The maximum absolute atomic E-state index is 13.4. The van der Waals surface area contributed by atoms with Gasteiger partial charge < -0.3 is 10.2 Å². The van der Waals surface area contributed by atoms with Crippen molar-refractivity contribution < 1.29 is 13.2 Å². The Hall–Kier alpha value is -3.00. The monoisotopic (exact) mass is 503 g/mol. The molecule has 0 bridgehead atoms. The Bertz CT molecular complexity index is 1060. The number of rotatable bonds is 8. The Kier molecular flexibility index (Phi) is 13.7. The molecule has 0 aliphatic carbocycles. The van der Waals surface area contributed by atoms with Gasteiger partial charge in [0.05, 0.1) is 11.1 Å². The van der Waals surface area contributed by atoms with Crippen LogP contribution in [0.15, 0.2) is 48.8 Å². The molecular formula is C28H40F3N5. The van der Waals surface area contributed by atoms with E-state index in [0.717, 1.165) is 44.7 Å². The van der Waals surface area contributed by atoms with Crippen molar-refractivity contribution in [2.24, 2.45) is 0 Å². The lowest BCUT2D eigenvalue weighted by Crippen LogP contribution is -2.29. The molecule has 1 N–H and O–H groups in total. The second-order valence-electron chi connectivity index (χ2n) is 7.84. The third kappa shape index (κ3) is 9.57. The SMILES string of the molecule is C/C=C\C.CC.CCCN(CC)CCNc1ccc(-c2cc(C(F)(F)F)cc3cnc(C)nc23)cn1. The summed E-state index contributed by atoms with van der Waals surface area (Å²) in [5, 5.41) is 3.62. The van der Waals surface area contributed by atoms with E-state index in [4.69, 9.17) is 0 Å². The number of benzene rings is 1. The highest BCUT2D eigenvalue weighted by Crippen LogP contribution is 2.36. The minimum Gasteiger partial charge on any atom is -0.369 e. The van der Waals surface area contributed by atoms with Gasteiger partial charge in [-0.05, 0) is 64.5 Å². The maximum atomic E-state index is 13.4. The van der Waals surface area contributed by atoms with Crippen LogP contribution in [-0.2, 0) is 6.18 Å². The number of alkyl halides is 3. The lowest BCUT2D eigenvalue weighted by molar-refractivity contribution is -0.137. The lowest BCUT2D eigenvalue weighted by atomic mass is 10.0. The fraction of sp³-hybridized carbons (Fsp3) is 0.464. The molecule has 198 valence electrons. The van der Waals surface area contributed by atoms with E-state index in [1.165, 1.54) is 6.20 Å². The molecule has 1 aromatic carbocycles. The molecule has 5 nitrogen and oxygen atoms in total. The first-order valence-electron chi connectivity index (χ1n) is 12.6. The number of aromatic nitrogens is 3. The van der Waals surface area contributed by atoms with Crippen LogP contribution in [0.2, 0.25) is 0 Å². The first kappa shape index (κ1) is 31.0. The number of likely N-dealkylation sites (N-methyl/N-ethyl adjacent to an activating group) is 1. The van der Waals surface area contributed by atoms with Crippen molar-refractivity contribution in [3.8, 4) is 11.1 Å². The fourth-order valence-electron chi connectivity index (χ4n) is 3.36. The molecule has 2 aromatic heterocycles. The van der Waals surface area contributed by atoms with Crippen LogP contribution < -0.4 is 5.32 Å². The van der Waals surface area contributed by atoms with E-state index in [1.54, 1.807) is 25.3 Å². The Morgan fingerprint density at radius 2 is 1.67 bits per heavy atom. The molecule has 0 unspecified atom stereocenters. The zero-order valence-corrected chi connectivity index (χ0v) is 22.6. The molecule has 0 saturated carbocycles. The van der Waals surface area contributed by atoms with Gasteiger partial charge in [-0.25, -0.2) is 15.0 Å². The molecule has 0 fully saturated rings. The van der Waals surface area contributed by atoms with Crippen molar-refractivity contribution in [3.63, 3.8) is 0 Å². The van der Waals surface area contributed by atoms with Crippen LogP contribution in [-0.4, -0.2) is 46.0 Å². The number of halogens is 3. The minimum absolute atomic E-state index is 0.350. The van der Waals surface area contributed by atoms with E-state index in [9.17, 15) is 13.2 Å². The van der Waals surface area contributed by atoms with E-state index in [-0.39, 0.29) is 0 Å². The molecule has 0 amide bonds. The summed E-state index contributed by atoms with van der Waals surface area (Å²) in [4.78, 5) is 15.1. The molecule has 0 spiro atoms. The standard InChI is InChI=1S/C22H26F3N5.C4H8.C2H6/c1-4-9-30(5-2)10-8-26-20-7-6-16(13-28-20)19-12-18(22(23,24)25)11-17-14-27-15(3)29-21(17)19;1-3-4-2;1-2/h6-7,11-14H,4-5,8-10H2,1-3H3,(H,26,28);3-4H,1-2H3;1-2H3/b;4-3-;. The lowest BCUT2D eigenvalue weighted by Gasteiger charge is -2.19. The number of nitrogens with one attached hydrogen (secondary N) is 1. The molecule has 0 aliphatic heterocycles. The molecule has 3 rings (SSSR count). The van der Waals surface area contributed by atoms with Gasteiger partial charge in [0.2, 0.25) is 0 Å². The molecule has 0 aliphatic rings. The van der Waals surface area contributed by atoms with Gasteiger partial charge in [0.15, 0.2) is 0 Å². The molecule has 0 radical (unpaired) electrons. The second-order valence-corrected chi connectivity index (χ2v) is 7.84. The summed E-state index contributed by atoms with van der Waals surface area (Å²) < 4.78 is 40.1. The van der Waals surface area contributed by atoms with Crippen molar-refractivity contribution in [2.75, 3.05) is 31.5 Å². The van der Waals surface area contributed by atoms with Crippen molar-refractivity contribution in [1.29, 1.82) is 0 Å². The molecule has 0 atom stereocenters. The van der Waals surface area contributed by atoms with Crippen LogP contribution in [0.4, 0.5) is 19.0 Å². The van der Waals surface area contributed by atoms with E-state index in [2.05, 4.69) is 39.0 Å². The smallest absolute Gasteiger partial charge is 0.369 e. The van der Waals surface area contributed by atoms with Crippen LogP contribution in [0.5, 0.6) is 0 Å². The number of hydrogen-bond donors (Lipinski definition) is 1. The van der Waals surface area contributed by atoms with Crippen molar-refractivity contribution in [1.82, 2.24) is 19.9 Å². The maximum Gasteiger partial charge on any atom is 0.416 e. The number of nitrogens with zero attached hydrogens (tertiary/aromatic N) is 4. The fourth-order valence-corrected chi connectivity index (χ4v) is 3.36. The third-order valence-corrected chi connectivity index (χ3v) is 5.26. The van der Waals surface area contributed by atoms with Gasteiger partial charge in [0.1, 0.15) is 11.6 Å². The molecule has 0 saturated heterocycles. The van der Waals surface area contributed by atoms with Crippen LogP contribution in [0.3, 0.4) is 0 Å². The van der Waals surface area contributed by atoms with Gasteiger partial charge >= 0.3 is 6.18 Å². The molecule has 2 heterocycles. The number of hydrogen-bond acceptors (Lipinski definition) is 5. The average Bonchev–Trinajstić information content (AvgIpc) is 2.88. The van der Waals surface area contributed by atoms with Crippen LogP contribution >= 0.6 is 0 Å². The van der Waals surface area contributed by atoms with Crippen molar-refractivity contribution in [3.05, 3.63) is 60.2 Å². The summed E-state index contributed by atoms with van der Waals surface area (Å²) in [7, 11) is 0. The topological polar surface area (TPSA) is 53.9 Å². The second kappa shape index (κ2) is 15.9. The van der Waals surface area contributed by atoms with Gasteiger partial charge in [0.25, 0.3) is 0 Å². The number of anilines is 1. The van der Waals surface area contributed by atoms with Gasteiger partial charge in [-0.3, -0.25) is 0 Å². The Balaban J connectivity index is 0.000000982. The first-order valence-corrected chi connectivity index (χ1v) is 12.6. The zero-order valence-electron chi connectivity index (χ0n) is 22.6. The van der Waals surface area contributed by atoms with Crippen molar-refractivity contribution >= 4 is 16.7 Å². The number of pyridine rings is 1. The zero-order chi connectivity index (χ0) is 27.1. The Morgan fingerprint density at radius 1 is 0.972 bits per heavy atom. The van der Waals surface area contributed by atoms with E-state index >= 15 is 0 Å². The van der Waals surface area contributed by atoms with Gasteiger partial charge in [0, 0.05) is 42.0 Å². The molecule has 3 aromatic rings. The summed E-state index contributed by atoms with van der Waals surface area (Å²) in [5.74, 6) is 1.19. The molecule has 8 heteroatoms. The van der Waals surface area contributed by atoms with Crippen LogP contribution in [0, 0.1) is 6.92 Å². The summed E-state index contributed by atoms with van der Waals surface area (Å²) in [6, 6.07) is 5.76. The third-order valence-electron chi connectivity index (χ3n) is 5.26. The average molecular weight is 504 g/mol. The van der Waals surface area contributed by atoms with E-state index < -0.39 is 11.7 Å². The highest BCUT2D eigenvalue weighted by atomic mass is 19.4. The van der Waals surface area contributed by atoms with E-state index in [1.807, 2.05) is 39.8 Å². The van der Waals surface area contributed by atoms with Crippen LogP contribution in [0.25, 0.3) is 22.0 Å². The van der Waals surface area contributed by atoms with Gasteiger partial charge in [-0.15, -0.1) is 0 Å². The Labute approximate surface area is 213 Å². The highest BCUT2D eigenvalue weighted by molar-refractivity contribution is 5.94. The minimum atomic E-state index is -4.45. The van der Waals surface area contributed by atoms with E-state index in [0.29, 0.717) is 33.7 Å². The van der Waals surface area contributed by atoms with Gasteiger partial charge in [-0.1, -0.05) is 39.8 Å². The predicted octanol–water partition coefficient (Wildman–Crippen LogP) is 7.77. The number of aryl methyl sites for hydroxylation is 1. The predicted molar refractivity (Wildman–Crippen MR) is 145 cm³/mol. The normalized spacial score (nSPS) is 11.2. The summed E-state index contributed by atoms with van der Waals surface area (Å²) in [5.41, 5.74) is 0.729. The summed E-state index contributed by atoms with van der Waals surface area (Å²) in [6.07, 6.45) is 3.66. The summed E-state index contributed by atoms with van der Waals surface area (Å²) in [6.45, 7) is 17.7. The van der Waals surface area contributed by atoms with Crippen LogP contribution in [0.1, 0.15) is 59.4 Å². The van der Waals surface area contributed by atoms with Gasteiger partial charge in [-0.2, -0.15) is 13.2 Å². The largest absolute Gasteiger partial charge is 0.416 e.